The predicted molar refractivity (Wildman–Crippen MR) is 127 cm³/mol. The Balaban J connectivity index is 1.98. The van der Waals surface area contributed by atoms with Crippen LogP contribution >= 0.6 is 0 Å². The van der Waals surface area contributed by atoms with Gasteiger partial charge in [0.2, 0.25) is 0 Å². The van der Waals surface area contributed by atoms with Gasteiger partial charge in [0, 0.05) is 0 Å². The van der Waals surface area contributed by atoms with Gasteiger partial charge in [0.1, 0.15) is 0 Å². The molecule has 4 aromatic carbocycles. The molecule has 0 unspecified atom stereocenters. The molecule has 0 heterocycles. The maximum atomic E-state index is 5.57. The number of hydrogen-bond donors (Lipinski definition) is 0. The summed E-state index contributed by atoms with van der Waals surface area (Å²) in [6.45, 7) is 0. The zero-order valence-electron chi connectivity index (χ0n) is 17.3. The van der Waals surface area contributed by atoms with Gasteiger partial charge in [-0.15, -0.1) is 0 Å². The zero-order valence-corrected chi connectivity index (χ0v) is 20.5. The van der Waals surface area contributed by atoms with E-state index in [1.165, 1.54) is 15.2 Å². The van der Waals surface area contributed by atoms with Gasteiger partial charge in [-0.05, 0) is 0 Å². The third kappa shape index (κ3) is 4.14. The van der Waals surface area contributed by atoms with E-state index in [1.54, 1.807) is 14.2 Å². The Morgan fingerprint density at radius 3 is 1.23 bits per heavy atom. The molecule has 4 rings (SSSR count). The van der Waals surface area contributed by atoms with Crippen LogP contribution in [-0.2, 0) is 4.08 Å². The summed E-state index contributed by atoms with van der Waals surface area (Å²) >= 11 is -3.35. The molecule has 0 fully saturated rings. The van der Waals surface area contributed by atoms with Crippen molar-refractivity contribution in [1.29, 1.82) is 0 Å². The first-order valence-electron chi connectivity index (χ1n) is 9.94. The van der Waals surface area contributed by atoms with E-state index in [1.807, 2.05) is 6.07 Å². The first kappa shape index (κ1) is 20.6. The van der Waals surface area contributed by atoms with Crippen molar-refractivity contribution in [3.8, 4) is 11.5 Å². The molecule has 152 valence electrons. The van der Waals surface area contributed by atoms with Gasteiger partial charge in [-0.25, -0.2) is 0 Å². The fourth-order valence-electron chi connectivity index (χ4n) is 3.82. The van der Waals surface area contributed by atoms with Crippen LogP contribution in [0.2, 0.25) is 0 Å². The Labute approximate surface area is 183 Å². The van der Waals surface area contributed by atoms with Crippen LogP contribution in [0.3, 0.4) is 0 Å². The molecule has 0 N–H and O–H groups in total. The van der Waals surface area contributed by atoms with Crippen molar-refractivity contribution in [2.24, 2.45) is 0 Å². The number of rotatable bonds is 7. The second kappa shape index (κ2) is 9.46. The Morgan fingerprint density at radius 1 is 0.533 bits per heavy atom. The van der Waals surface area contributed by atoms with Gasteiger partial charge in [0.15, 0.2) is 0 Å². The molecule has 0 aliphatic rings. The first-order chi connectivity index (χ1) is 14.8. The molecular formula is C27H26O2Po. The molecule has 0 spiro atoms. The second-order valence-corrected chi connectivity index (χ2v) is 19.4. The summed E-state index contributed by atoms with van der Waals surface area (Å²) in [7, 11) is 3.42. The maximum absolute atomic E-state index is 5.57. The van der Waals surface area contributed by atoms with Crippen LogP contribution in [0.1, 0.15) is 5.56 Å². The molecule has 0 aliphatic heterocycles. The van der Waals surface area contributed by atoms with Crippen LogP contribution in [0.4, 0.5) is 0 Å². The van der Waals surface area contributed by atoms with Crippen LogP contribution in [0, 0.1) is 0 Å². The monoisotopic (exact) mass is 591 g/mol. The fourth-order valence-corrected chi connectivity index (χ4v) is 18.8. The Morgan fingerprint density at radius 2 is 0.900 bits per heavy atom. The topological polar surface area (TPSA) is 18.5 Å². The number of hydrogen-bond acceptors (Lipinski definition) is 2. The molecule has 3 heteroatoms. The molecule has 0 amide bonds. The van der Waals surface area contributed by atoms with Gasteiger partial charge in [0.05, 0.1) is 0 Å². The van der Waals surface area contributed by atoms with Gasteiger partial charge >= 0.3 is 184 Å². The standard InChI is InChI=1S/C9H11O2.3C6H5.Po/c1-7-4-8(10-2)6-9(5-7)11-3;3*1-2-4-6-5-3-1;/h4-6H,1H2,2-3H3;3*1-5H;. The normalized spacial score (nSPS) is 11.7. The third-order valence-corrected chi connectivity index (χ3v) is 20.8. The average Bonchev–Trinajstić information content (AvgIpc) is 2.84. The van der Waals surface area contributed by atoms with E-state index in [-0.39, 0.29) is 0 Å². The minimum absolute atomic E-state index is 0.832. The van der Waals surface area contributed by atoms with Crippen molar-refractivity contribution >= 4 is 30.2 Å². The first-order valence-corrected chi connectivity index (χ1v) is 16.9. The van der Waals surface area contributed by atoms with Crippen molar-refractivity contribution < 1.29 is 9.47 Å². The number of benzene rings is 4. The molecule has 0 radical (unpaired) electrons. The Kier molecular flexibility index (Phi) is 6.51. The van der Waals surface area contributed by atoms with E-state index < -0.39 is 20.6 Å². The van der Waals surface area contributed by atoms with E-state index in [4.69, 9.17) is 9.47 Å². The minimum atomic E-state index is -3.35. The van der Waals surface area contributed by atoms with Gasteiger partial charge < -0.3 is 0 Å². The molecular weight excluding hydrogens is 565 g/mol. The van der Waals surface area contributed by atoms with E-state index in [2.05, 4.69) is 103 Å². The quantitative estimate of drug-likeness (QED) is 0.324. The van der Waals surface area contributed by atoms with E-state index in [0.29, 0.717) is 0 Å². The third-order valence-electron chi connectivity index (χ3n) is 5.23. The van der Waals surface area contributed by atoms with Crippen LogP contribution in [-0.4, -0.2) is 34.8 Å². The molecule has 0 saturated heterocycles. The summed E-state index contributed by atoms with van der Waals surface area (Å²) in [6.07, 6.45) is 0. The van der Waals surface area contributed by atoms with Crippen molar-refractivity contribution in [3.63, 3.8) is 0 Å². The van der Waals surface area contributed by atoms with Crippen LogP contribution < -0.4 is 19.1 Å². The summed E-state index contributed by atoms with van der Waals surface area (Å²) in [5, 5.41) is 0. The molecule has 0 aliphatic carbocycles. The summed E-state index contributed by atoms with van der Waals surface area (Å²) in [5.74, 6) is 1.66. The molecule has 0 bridgehead atoms. The molecule has 2 nitrogen and oxygen atoms in total. The molecule has 0 aromatic heterocycles. The van der Waals surface area contributed by atoms with E-state index >= 15 is 0 Å². The van der Waals surface area contributed by atoms with E-state index in [9.17, 15) is 0 Å². The summed E-state index contributed by atoms with van der Waals surface area (Å²) < 4.78 is 16.5. The SMILES string of the molecule is COc1cc([CH2][Po]([c]2ccccc2)([c]2ccccc2)[c]2ccccc2)cc(OC)c1. The van der Waals surface area contributed by atoms with Crippen molar-refractivity contribution in [1.82, 2.24) is 0 Å². The van der Waals surface area contributed by atoms with Crippen LogP contribution in [0.25, 0.3) is 0 Å². The fraction of sp³-hybridized carbons (Fsp3) is 0.111. The predicted octanol–water partition coefficient (Wildman–Crippen LogP) is 3.96. The van der Waals surface area contributed by atoms with Gasteiger partial charge in [-0.2, -0.15) is 0 Å². The summed E-state index contributed by atoms with van der Waals surface area (Å²) in [4.78, 5) is 0. The number of methoxy groups -OCH3 is 2. The van der Waals surface area contributed by atoms with Gasteiger partial charge in [-0.1, -0.05) is 0 Å². The Hall–Kier alpha value is -2.62. The molecule has 0 atom stereocenters. The molecule has 0 saturated carbocycles. The van der Waals surface area contributed by atoms with Gasteiger partial charge in [-0.3, -0.25) is 0 Å². The second-order valence-electron chi connectivity index (χ2n) is 7.04. The molecule has 30 heavy (non-hydrogen) atoms. The summed E-state index contributed by atoms with van der Waals surface area (Å²) in [6, 6.07) is 39.4. The average molecular weight is 592 g/mol. The Bertz CT molecular complexity index is 961. The van der Waals surface area contributed by atoms with E-state index in [0.717, 1.165) is 15.6 Å². The van der Waals surface area contributed by atoms with Crippen LogP contribution in [0.15, 0.2) is 109 Å². The van der Waals surface area contributed by atoms with Crippen molar-refractivity contribution in [3.05, 3.63) is 115 Å². The van der Waals surface area contributed by atoms with Gasteiger partial charge in [0.25, 0.3) is 0 Å². The molecule has 4 aromatic rings. The van der Waals surface area contributed by atoms with Crippen molar-refractivity contribution in [2.45, 2.75) is 4.08 Å². The van der Waals surface area contributed by atoms with Crippen LogP contribution in [0.5, 0.6) is 11.5 Å². The number of ether oxygens (including phenoxy) is 2. The zero-order chi connectivity index (χ0) is 20.8. The summed E-state index contributed by atoms with van der Waals surface area (Å²) in [5.41, 5.74) is 1.25. The van der Waals surface area contributed by atoms with Crippen molar-refractivity contribution in [2.75, 3.05) is 14.2 Å².